The van der Waals surface area contributed by atoms with Crippen molar-refractivity contribution in [3.63, 3.8) is 0 Å². The summed E-state index contributed by atoms with van der Waals surface area (Å²) in [7, 11) is 0. The molecule has 0 aromatic carbocycles. The van der Waals surface area contributed by atoms with Crippen LogP contribution in [0.2, 0.25) is 0 Å². The van der Waals surface area contributed by atoms with E-state index in [0.29, 0.717) is 0 Å². The summed E-state index contributed by atoms with van der Waals surface area (Å²) in [5, 5.41) is 6.47. The fourth-order valence-electron chi connectivity index (χ4n) is 3.15. The number of amides is 1. The van der Waals surface area contributed by atoms with Crippen LogP contribution in [0.15, 0.2) is 0 Å². The minimum atomic E-state index is -0.197. The third kappa shape index (κ3) is 4.46. The molecule has 2 fully saturated rings. The highest BCUT2D eigenvalue weighted by atomic mass is 16.2. The van der Waals surface area contributed by atoms with E-state index in [1.807, 2.05) is 0 Å². The Labute approximate surface area is 117 Å². The number of carbonyl (C=O) groups excluding carboxylic acids is 1. The minimum Gasteiger partial charge on any atom is -0.354 e. The SMILES string of the molecule is CC1(C(=O)NCCN2CCCCCC2)CCCNC1. The Balaban J connectivity index is 1.68. The lowest BCUT2D eigenvalue weighted by molar-refractivity contribution is -0.131. The van der Waals surface area contributed by atoms with Crippen LogP contribution in [0.25, 0.3) is 0 Å². The van der Waals surface area contributed by atoms with Gasteiger partial charge in [0.25, 0.3) is 0 Å². The number of hydrogen-bond donors (Lipinski definition) is 2. The molecular formula is C15H29N3O. The van der Waals surface area contributed by atoms with Crippen molar-refractivity contribution in [3.8, 4) is 0 Å². The first-order chi connectivity index (χ1) is 9.21. The number of nitrogens with zero attached hydrogens (tertiary/aromatic N) is 1. The Kier molecular flexibility index (Phi) is 5.64. The van der Waals surface area contributed by atoms with E-state index in [0.717, 1.165) is 39.0 Å². The molecule has 2 heterocycles. The quantitative estimate of drug-likeness (QED) is 0.808. The third-order valence-electron chi connectivity index (χ3n) is 4.56. The first kappa shape index (κ1) is 14.8. The van der Waals surface area contributed by atoms with Crippen molar-refractivity contribution in [1.29, 1.82) is 0 Å². The van der Waals surface area contributed by atoms with Gasteiger partial charge in [-0.05, 0) is 52.2 Å². The van der Waals surface area contributed by atoms with Crippen LogP contribution in [0, 0.1) is 5.41 Å². The van der Waals surface area contributed by atoms with Gasteiger partial charge in [-0.1, -0.05) is 12.8 Å². The lowest BCUT2D eigenvalue weighted by Gasteiger charge is -2.33. The molecule has 1 unspecified atom stereocenters. The summed E-state index contributed by atoms with van der Waals surface area (Å²) < 4.78 is 0. The zero-order chi connectivity index (χ0) is 13.6. The zero-order valence-corrected chi connectivity index (χ0v) is 12.3. The third-order valence-corrected chi connectivity index (χ3v) is 4.56. The standard InChI is InChI=1S/C15H29N3O/c1-15(7-6-8-16-13-15)14(19)17-9-12-18-10-4-2-3-5-11-18/h16H,2-13H2,1H3,(H,17,19). The van der Waals surface area contributed by atoms with Crippen molar-refractivity contribution in [1.82, 2.24) is 15.5 Å². The van der Waals surface area contributed by atoms with E-state index in [2.05, 4.69) is 22.5 Å². The Morgan fingerprint density at radius 2 is 1.95 bits per heavy atom. The maximum Gasteiger partial charge on any atom is 0.227 e. The molecule has 0 saturated carbocycles. The highest BCUT2D eigenvalue weighted by molar-refractivity contribution is 5.82. The molecule has 2 N–H and O–H groups in total. The van der Waals surface area contributed by atoms with Gasteiger partial charge in [0, 0.05) is 19.6 Å². The maximum absolute atomic E-state index is 12.3. The van der Waals surface area contributed by atoms with E-state index in [9.17, 15) is 4.79 Å². The molecule has 4 heteroatoms. The van der Waals surface area contributed by atoms with Crippen molar-refractivity contribution in [2.75, 3.05) is 39.3 Å². The van der Waals surface area contributed by atoms with Crippen molar-refractivity contribution in [3.05, 3.63) is 0 Å². The molecule has 19 heavy (non-hydrogen) atoms. The average Bonchev–Trinajstić information content (AvgIpc) is 2.68. The molecule has 1 atom stereocenters. The van der Waals surface area contributed by atoms with Crippen LogP contribution in [0.5, 0.6) is 0 Å². The van der Waals surface area contributed by atoms with Gasteiger partial charge in [-0.25, -0.2) is 0 Å². The highest BCUT2D eigenvalue weighted by Gasteiger charge is 2.34. The van der Waals surface area contributed by atoms with Gasteiger partial charge in [-0.15, -0.1) is 0 Å². The molecule has 2 aliphatic rings. The van der Waals surface area contributed by atoms with E-state index in [4.69, 9.17) is 0 Å². The lowest BCUT2D eigenvalue weighted by Crippen LogP contribution is -2.49. The summed E-state index contributed by atoms with van der Waals surface area (Å²) in [6.45, 7) is 8.17. The molecule has 110 valence electrons. The fraction of sp³-hybridized carbons (Fsp3) is 0.933. The van der Waals surface area contributed by atoms with E-state index >= 15 is 0 Å². The monoisotopic (exact) mass is 267 g/mol. The van der Waals surface area contributed by atoms with Crippen LogP contribution < -0.4 is 10.6 Å². The highest BCUT2D eigenvalue weighted by Crippen LogP contribution is 2.25. The normalized spacial score (nSPS) is 29.7. The largest absolute Gasteiger partial charge is 0.354 e. The molecule has 0 radical (unpaired) electrons. The molecule has 0 aromatic heterocycles. The Hall–Kier alpha value is -0.610. The molecule has 0 aromatic rings. The smallest absolute Gasteiger partial charge is 0.227 e. The number of nitrogens with one attached hydrogen (secondary N) is 2. The molecule has 0 bridgehead atoms. The second-order valence-electron chi connectivity index (χ2n) is 6.35. The van der Waals surface area contributed by atoms with Gasteiger partial charge in [0.15, 0.2) is 0 Å². The summed E-state index contributed by atoms with van der Waals surface area (Å²) >= 11 is 0. The first-order valence-electron chi connectivity index (χ1n) is 7.92. The van der Waals surface area contributed by atoms with Crippen LogP contribution in [0.4, 0.5) is 0 Å². The van der Waals surface area contributed by atoms with Crippen molar-refractivity contribution < 1.29 is 4.79 Å². The van der Waals surface area contributed by atoms with E-state index in [1.54, 1.807) is 0 Å². The van der Waals surface area contributed by atoms with Crippen LogP contribution in [0.3, 0.4) is 0 Å². The zero-order valence-electron chi connectivity index (χ0n) is 12.3. The number of piperidine rings is 1. The topological polar surface area (TPSA) is 44.4 Å². The fourth-order valence-corrected chi connectivity index (χ4v) is 3.15. The van der Waals surface area contributed by atoms with Gasteiger partial charge >= 0.3 is 0 Å². The van der Waals surface area contributed by atoms with Gasteiger partial charge in [-0.3, -0.25) is 4.79 Å². The summed E-state index contributed by atoms with van der Waals surface area (Å²) in [6, 6.07) is 0. The summed E-state index contributed by atoms with van der Waals surface area (Å²) in [6.07, 6.45) is 7.48. The molecule has 2 aliphatic heterocycles. The van der Waals surface area contributed by atoms with Crippen LogP contribution >= 0.6 is 0 Å². The predicted molar refractivity (Wildman–Crippen MR) is 78.1 cm³/mol. The van der Waals surface area contributed by atoms with Gasteiger partial charge in [0.2, 0.25) is 5.91 Å². The molecular weight excluding hydrogens is 238 g/mol. The second kappa shape index (κ2) is 7.25. The molecule has 0 aliphatic carbocycles. The molecule has 2 rings (SSSR count). The lowest BCUT2D eigenvalue weighted by atomic mass is 9.82. The van der Waals surface area contributed by atoms with Gasteiger partial charge < -0.3 is 15.5 Å². The van der Waals surface area contributed by atoms with Crippen LogP contribution in [-0.4, -0.2) is 50.1 Å². The Bertz CT molecular complexity index is 279. The number of likely N-dealkylation sites (tertiary alicyclic amines) is 1. The van der Waals surface area contributed by atoms with Crippen LogP contribution in [-0.2, 0) is 4.79 Å². The van der Waals surface area contributed by atoms with Crippen molar-refractivity contribution in [2.24, 2.45) is 5.41 Å². The minimum absolute atomic E-state index is 0.197. The number of carbonyl (C=O) groups is 1. The van der Waals surface area contributed by atoms with E-state index < -0.39 is 0 Å². The van der Waals surface area contributed by atoms with Crippen LogP contribution in [0.1, 0.15) is 45.4 Å². The first-order valence-corrected chi connectivity index (χ1v) is 7.92. The van der Waals surface area contributed by atoms with E-state index in [-0.39, 0.29) is 11.3 Å². The summed E-state index contributed by atoms with van der Waals surface area (Å²) in [4.78, 5) is 14.8. The second-order valence-corrected chi connectivity index (χ2v) is 6.35. The predicted octanol–water partition coefficient (Wildman–Crippen LogP) is 1.37. The molecule has 4 nitrogen and oxygen atoms in total. The molecule has 0 spiro atoms. The van der Waals surface area contributed by atoms with E-state index in [1.165, 1.54) is 38.8 Å². The number of hydrogen-bond acceptors (Lipinski definition) is 3. The van der Waals surface area contributed by atoms with Gasteiger partial charge in [-0.2, -0.15) is 0 Å². The Morgan fingerprint density at radius 1 is 1.21 bits per heavy atom. The van der Waals surface area contributed by atoms with Gasteiger partial charge in [0.05, 0.1) is 5.41 Å². The molecule has 2 saturated heterocycles. The molecule has 1 amide bonds. The van der Waals surface area contributed by atoms with Gasteiger partial charge in [0.1, 0.15) is 0 Å². The van der Waals surface area contributed by atoms with Crippen molar-refractivity contribution >= 4 is 5.91 Å². The number of rotatable bonds is 4. The Morgan fingerprint density at radius 3 is 2.58 bits per heavy atom. The summed E-state index contributed by atoms with van der Waals surface area (Å²) in [5.74, 6) is 0.231. The van der Waals surface area contributed by atoms with Crippen molar-refractivity contribution in [2.45, 2.75) is 45.4 Å². The maximum atomic E-state index is 12.3. The summed E-state index contributed by atoms with van der Waals surface area (Å²) in [5.41, 5.74) is -0.197. The average molecular weight is 267 g/mol.